The number of hydrogen-bond acceptors (Lipinski definition) is 4. The zero-order valence-electron chi connectivity index (χ0n) is 19.7. The number of carbonyl (C=O) groups excluding carboxylic acids is 1. The molecule has 0 aliphatic heterocycles. The second-order valence-electron chi connectivity index (χ2n) is 8.14. The van der Waals surface area contributed by atoms with Gasteiger partial charge in [-0.05, 0) is 50.2 Å². The standard InChI is InChI=1S/C26H26N4O4S/c1-19-14-16-21(17-15-19)29(35(33,34)23-12-8-5-9-13-23)18-24(31)27-25-20(2)28(3)30(26(25)32)22-10-6-4-7-11-22/h4-17H,18H2,1-3H3,(H,27,31). The Balaban J connectivity index is 1.68. The quantitative estimate of drug-likeness (QED) is 0.428. The van der Waals surface area contributed by atoms with Crippen LogP contribution in [-0.4, -0.2) is 30.2 Å². The minimum atomic E-state index is -4.04. The largest absolute Gasteiger partial charge is 0.318 e. The van der Waals surface area contributed by atoms with Crippen LogP contribution in [0.4, 0.5) is 11.4 Å². The summed E-state index contributed by atoms with van der Waals surface area (Å²) in [7, 11) is -2.32. The predicted molar refractivity (Wildman–Crippen MR) is 137 cm³/mol. The number of nitrogens with one attached hydrogen (secondary N) is 1. The van der Waals surface area contributed by atoms with E-state index in [0.717, 1.165) is 9.87 Å². The first-order valence-corrected chi connectivity index (χ1v) is 12.4. The molecule has 4 rings (SSSR count). The van der Waals surface area contributed by atoms with Gasteiger partial charge in [0, 0.05) is 7.05 Å². The number of benzene rings is 3. The molecule has 0 aliphatic rings. The first-order chi connectivity index (χ1) is 16.7. The summed E-state index contributed by atoms with van der Waals surface area (Å²) in [5.41, 5.74) is 2.19. The van der Waals surface area contributed by atoms with Crippen LogP contribution < -0.4 is 15.2 Å². The first-order valence-electron chi connectivity index (χ1n) is 11.0. The van der Waals surface area contributed by atoms with Crippen LogP contribution in [0.1, 0.15) is 11.3 Å². The fraction of sp³-hybridized carbons (Fsp3) is 0.154. The molecule has 0 spiro atoms. The minimum Gasteiger partial charge on any atom is -0.318 e. The van der Waals surface area contributed by atoms with Crippen molar-refractivity contribution in [2.45, 2.75) is 18.7 Å². The average Bonchev–Trinajstić information content (AvgIpc) is 3.07. The van der Waals surface area contributed by atoms with Crippen LogP contribution in [-0.2, 0) is 21.9 Å². The number of aromatic nitrogens is 2. The maximum Gasteiger partial charge on any atom is 0.295 e. The number of para-hydroxylation sites is 1. The van der Waals surface area contributed by atoms with Crippen molar-refractivity contribution in [1.82, 2.24) is 9.36 Å². The van der Waals surface area contributed by atoms with E-state index in [1.165, 1.54) is 16.8 Å². The number of carbonyl (C=O) groups is 1. The molecule has 35 heavy (non-hydrogen) atoms. The molecular formula is C26H26N4O4S. The predicted octanol–water partition coefficient (Wildman–Crippen LogP) is 3.63. The van der Waals surface area contributed by atoms with Gasteiger partial charge in [-0.2, -0.15) is 0 Å². The highest BCUT2D eigenvalue weighted by molar-refractivity contribution is 7.92. The molecule has 0 radical (unpaired) electrons. The van der Waals surface area contributed by atoms with Crippen LogP contribution in [0.3, 0.4) is 0 Å². The Labute approximate surface area is 204 Å². The third kappa shape index (κ3) is 4.76. The van der Waals surface area contributed by atoms with E-state index < -0.39 is 28.0 Å². The van der Waals surface area contributed by atoms with Crippen LogP contribution in [0.15, 0.2) is 94.6 Å². The van der Waals surface area contributed by atoms with Gasteiger partial charge in [0.05, 0.1) is 22.0 Å². The van der Waals surface area contributed by atoms with Crippen LogP contribution in [0, 0.1) is 13.8 Å². The van der Waals surface area contributed by atoms with Crippen LogP contribution >= 0.6 is 0 Å². The molecule has 180 valence electrons. The number of hydrogen-bond donors (Lipinski definition) is 1. The summed E-state index contributed by atoms with van der Waals surface area (Å²) >= 11 is 0. The normalized spacial score (nSPS) is 11.3. The zero-order valence-corrected chi connectivity index (χ0v) is 20.5. The third-order valence-corrected chi connectivity index (χ3v) is 7.55. The van der Waals surface area contributed by atoms with Crippen molar-refractivity contribution < 1.29 is 13.2 Å². The summed E-state index contributed by atoms with van der Waals surface area (Å²) in [4.78, 5) is 26.3. The lowest BCUT2D eigenvalue weighted by atomic mass is 10.2. The number of aryl methyl sites for hydroxylation is 1. The van der Waals surface area contributed by atoms with Gasteiger partial charge in [-0.15, -0.1) is 0 Å². The molecule has 0 aliphatic carbocycles. The lowest BCUT2D eigenvalue weighted by molar-refractivity contribution is -0.114. The van der Waals surface area contributed by atoms with E-state index >= 15 is 0 Å². The van der Waals surface area contributed by atoms with Crippen LogP contribution in [0.25, 0.3) is 5.69 Å². The molecule has 0 saturated carbocycles. The summed E-state index contributed by atoms with van der Waals surface area (Å²) in [6, 6.07) is 23.8. The van der Waals surface area contributed by atoms with E-state index in [4.69, 9.17) is 0 Å². The fourth-order valence-electron chi connectivity index (χ4n) is 3.77. The molecule has 9 heteroatoms. The molecule has 1 amide bonds. The van der Waals surface area contributed by atoms with Gasteiger partial charge >= 0.3 is 0 Å². The molecule has 0 bridgehead atoms. The zero-order chi connectivity index (χ0) is 25.2. The topological polar surface area (TPSA) is 93.4 Å². The number of sulfonamides is 1. The third-order valence-electron chi connectivity index (χ3n) is 5.76. The van der Waals surface area contributed by atoms with E-state index in [9.17, 15) is 18.0 Å². The maximum atomic E-state index is 13.5. The highest BCUT2D eigenvalue weighted by Crippen LogP contribution is 2.24. The van der Waals surface area contributed by atoms with Crippen molar-refractivity contribution in [3.05, 3.63) is 107 Å². The number of nitrogens with zero attached hydrogens (tertiary/aromatic N) is 3. The Bertz CT molecular complexity index is 1510. The summed E-state index contributed by atoms with van der Waals surface area (Å²) in [6.07, 6.45) is 0. The van der Waals surface area contributed by atoms with Gasteiger partial charge in [0.1, 0.15) is 12.2 Å². The van der Waals surface area contributed by atoms with Crippen LogP contribution in [0.2, 0.25) is 0 Å². The van der Waals surface area contributed by atoms with Crippen molar-refractivity contribution in [1.29, 1.82) is 0 Å². The SMILES string of the molecule is Cc1ccc(N(CC(=O)Nc2c(C)n(C)n(-c3ccccc3)c2=O)S(=O)(=O)c2ccccc2)cc1. The van der Waals surface area contributed by atoms with Gasteiger partial charge in [-0.3, -0.25) is 18.6 Å². The smallest absolute Gasteiger partial charge is 0.295 e. The molecule has 1 heterocycles. The molecule has 3 aromatic carbocycles. The number of anilines is 2. The van der Waals surface area contributed by atoms with Gasteiger partial charge in [0.25, 0.3) is 15.6 Å². The van der Waals surface area contributed by atoms with Crippen molar-refractivity contribution in [2.24, 2.45) is 7.05 Å². The summed E-state index contributed by atoms with van der Waals surface area (Å²) in [6.45, 7) is 3.11. The summed E-state index contributed by atoms with van der Waals surface area (Å²) < 4.78 is 31.1. The molecule has 1 N–H and O–H groups in total. The molecule has 4 aromatic rings. The van der Waals surface area contributed by atoms with E-state index in [0.29, 0.717) is 17.1 Å². The Hall–Kier alpha value is -4.11. The van der Waals surface area contributed by atoms with Gasteiger partial charge in [0.2, 0.25) is 5.91 Å². The average molecular weight is 491 g/mol. The van der Waals surface area contributed by atoms with Crippen molar-refractivity contribution in [2.75, 3.05) is 16.2 Å². The highest BCUT2D eigenvalue weighted by Gasteiger charge is 2.28. The van der Waals surface area contributed by atoms with E-state index in [1.54, 1.807) is 73.3 Å². The number of rotatable bonds is 7. The van der Waals surface area contributed by atoms with Gasteiger partial charge < -0.3 is 5.32 Å². The molecule has 0 fully saturated rings. The number of amides is 1. The Morgan fingerprint density at radius 1 is 0.886 bits per heavy atom. The van der Waals surface area contributed by atoms with Gasteiger partial charge in [-0.1, -0.05) is 54.1 Å². The second kappa shape index (κ2) is 9.63. The fourth-order valence-corrected chi connectivity index (χ4v) is 5.21. The molecule has 0 unspecified atom stereocenters. The lowest BCUT2D eigenvalue weighted by Gasteiger charge is -2.24. The summed E-state index contributed by atoms with van der Waals surface area (Å²) in [5, 5.41) is 2.65. The second-order valence-corrected chi connectivity index (χ2v) is 10.0. The Morgan fingerprint density at radius 2 is 1.46 bits per heavy atom. The minimum absolute atomic E-state index is 0.0655. The Morgan fingerprint density at radius 3 is 2.06 bits per heavy atom. The van der Waals surface area contributed by atoms with Gasteiger partial charge in [-0.25, -0.2) is 13.1 Å². The van der Waals surface area contributed by atoms with Gasteiger partial charge in [0.15, 0.2) is 0 Å². The highest BCUT2D eigenvalue weighted by atomic mass is 32.2. The van der Waals surface area contributed by atoms with Crippen molar-refractivity contribution in [3.8, 4) is 5.69 Å². The van der Waals surface area contributed by atoms with Crippen molar-refractivity contribution >= 4 is 27.3 Å². The molecule has 0 saturated heterocycles. The van der Waals surface area contributed by atoms with E-state index in [1.807, 2.05) is 25.1 Å². The van der Waals surface area contributed by atoms with E-state index in [-0.39, 0.29) is 10.6 Å². The molecular weight excluding hydrogens is 464 g/mol. The maximum absolute atomic E-state index is 13.5. The van der Waals surface area contributed by atoms with Crippen molar-refractivity contribution in [3.63, 3.8) is 0 Å². The molecule has 1 aromatic heterocycles. The monoisotopic (exact) mass is 490 g/mol. The van der Waals surface area contributed by atoms with Crippen LogP contribution in [0.5, 0.6) is 0 Å². The van der Waals surface area contributed by atoms with E-state index in [2.05, 4.69) is 5.32 Å². The summed E-state index contributed by atoms with van der Waals surface area (Å²) in [5.74, 6) is -0.629. The Kier molecular flexibility index (Phi) is 6.61. The first kappa shape index (κ1) is 24.0. The molecule has 0 atom stereocenters. The lowest BCUT2D eigenvalue weighted by Crippen LogP contribution is -2.38. The molecule has 8 nitrogen and oxygen atoms in total.